The van der Waals surface area contributed by atoms with Crippen LogP contribution in [0.15, 0.2) is 231 Å². The summed E-state index contributed by atoms with van der Waals surface area (Å²) in [7, 11) is -2.92. The molecule has 9 aromatic carbocycles. The molecule has 9 heteroatoms. The number of nitrogens with zero attached hydrogens (tertiary/aromatic N) is 2. The van der Waals surface area contributed by atoms with Crippen LogP contribution in [-0.4, -0.2) is 23.6 Å². The zero-order chi connectivity index (χ0) is 48.0. The Labute approximate surface area is 406 Å². The van der Waals surface area contributed by atoms with Crippen LogP contribution in [0.1, 0.15) is 66.4 Å². The minimum atomic E-state index is -2.92. The summed E-state index contributed by atoms with van der Waals surface area (Å²) in [5.74, 6) is 0.528. The molecule has 70 heavy (non-hydrogen) atoms. The number of fused-ring (bicyclic) bond motifs is 2. The van der Waals surface area contributed by atoms with Gasteiger partial charge in [-0.05, 0) is 53.6 Å². The average Bonchev–Trinajstić information content (AvgIpc) is 3.80. The first-order chi connectivity index (χ1) is 34.1. The van der Waals surface area contributed by atoms with Gasteiger partial charge in [0.05, 0.1) is 16.8 Å². The molecular weight excluding hydrogens is 888 g/mol. The summed E-state index contributed by atoms with van der Waals surface area (Å²) in [5, 5.41) is 4.62. The Balaban J connectivity index is 0.798. The fourth-order valence-corrected chi connectivity index (χ4v) is 14.7. The monoisotopic (exact) mass is 932 g/mol. The van der Waals surface area contributed by atoms with Gasteiger partial charge in [-0.25, -0.2) is 4.90 Å². The third-order valence-corrected chi connectivity index (χ3v) is 18.3. The molecule has 9 aromatic rings. The molecule has 0 aliphatic carbocycles. The van der Waals surface area contributed by atoms with Crippen molar-refractivity contribution in [2.24, 2.45) is 0 Å². The molecule has 8 nitrogen and oxygen atoms in total. The molecule has 2 heterocycles. The quantitative estimate of drug-likeness (QED) is 0.0895. The van der Waals surface area contributed by atoms with Crippen molar-refractivity contribution in [3.8, 4) is 23.0 Å². The molecule has 4 amide bonds. The number of anilines is 2. The molecular formula is C61H45N2O6P. The van der Waals surface area contributed by atoms with E-state index in [1.54, 1.807) is 60.7 Å². The van der Waals surface area contributed by atoms with Crippen LogP contribution in [0.2, 0.25) is 0 Å². The predicted molar refractivity (Wildman–Crippen MR) is 279 cm³/mol. The third kappa shape index (κ3) is 7.56. The van der Waals surface area contributed by atoms with E-state index in [-0.39, 0.29) is 23.3 Å². The number of hydrogen-bond donors (Lipinski definition) is 0. The number of hydrogen-bond acceptors (Lipinski definition) is 6. The van der Waals surface area contributed by atoms with Crippen LogP contribution < -0.4 is 40.5 Å². The van der Waals surface area contributed by atoms with E-state index in [0.29, 0.717) is 51.1 Å². The van der Waals surface area contributed by atoms with Crippen molar-refractivity contribution in [3.05, 3.63) is 264 Å². The second-order valence-electron chi connectivity index (χ2n) is 17.9. The standard InChI is InChI=1S/C61H45N2O6P/c1-61(2,41-26-30-45(31-27-41)68-47-34-36-53-55(39-47)59(66)62(57(53)64)43-16-7-3-8-17-43)42-28-32-46(33-29-42)69-48-35-37-54-56(40-48)60(67)63(58(54)65)44-18-15-25-52(38-44)70(49-19-9-4-10-20-49,50-21-11-5-12-22-50)51-23-13-6-14-24-51/h3-40,70H,1-2H3. The summed E-state index contributed by atoms with van der Waals surface area (Å²) in [4.78, 5) is 57.3. The number of imide groups is 2. The van der Waals surface area contributed by atoms with Gasteiger partial charge >= 0.3 is 246 Å². The Morgan fingerprint density at radius 2 is 0.671 bits per heavy atom. The van der Waals surface area contributed by atoms with Gasteiger partial charge in [-0.1, -0.05) is 44.2 Å². The van der Waals surface area contributed by atoms with Gasteiger partial charge in [0.25, 0.3) is 11.8 Å². The van der Waals surface area contributed by atoms with Gasteiger partial charge in [-0.15, -0.1) is 0 Å². The van der Waals surface area contributed by atoms with Crippen LogP contribution in [-0.2, 0) is 5.41 Å². The van der Waals surface area contributed by atoms with E-state index in [4.69, 9.17) is 9.47 Å². The van der Waals surface area contributed by atoms with Gasteiger partial charge in [0, 0.05) is 5.41 Å². The molecule has 0 saturated carbocycles. The fourth-order valence-electron chi connectivity index (χ4n) is 9.87. The molecule has 0 unspecified atom stereocenters. The Morgan fingerprint density at radius 1 is 0.329 bits per heavy atom. The number of carbonyl (C=O) groups excluding carboxylic acids is 4. The molecule has 340 valence electrons. The number of ether oxygens (including phenoxy) is 2. The molecule has 0 atom stereocenters. The van der Waals surface area contributed by atoms with Crippen LogP contribution in [0.3, 0.4) is 0 Å². The molecule has 0 N–H and O–H groups in total. The number of carbonyl (C=O) groups is 4. The number of benzene rings is 9. The fraction of sp³-hybridized carbons (Fsp3) is 0.0492. The van der Waals surface area contributed by atoms with Crippen LogP contribution in [0.25, 0.3) is 0 Å². The van der Waals surface area contributed by atoms with Gasteiger partial charge < -0.3 is 4.74 Å². The normalized spacial score (nSPS) is 13.6. The molecule has 2 aliphatic rings. The summed E-state index contributed by atoms with van der Waals surface area (Å²) in [6.07, 6.45) is 0. The summed E-state index contributed by atoms with van der Waals surface area (Å²) >= 11 is 0. The van der Waals surface area contributed by atoms with Gasteiger partial charge in [-0.2, -0.15) is 0 Å². The summed E-state index contributed by atoms with van der Waals surface area (Å²) in [5.41, 5.74) is 3.98. The maximum absolute atomic E-state index is 14.3. The zero-order valence-electron chi connectivity index (χ0n) is 38.3. The first-order valence-corrected chi connectivity index (χ1v) is 25.1. The van der Waals surface area contributed by atoms with E-state index in [0.717, 1.165) is 16.4 Å². The topological polar surface area (TPSA) is 93.2 Å². The summed E-state index contributed by atoms with van der Waals surface area (Å²) in [6.45, 7) is 4.27. The van der Waals surface area contributed by atoms with Crippen molar-refractivity contribution < 1.29 is 28.7 Å². The molecule has 0 fully saturated rings. The zero-order valence-corrected chi connectivity index (χ0v) is 39.3. The van der Waals surface area contributed by atoms with E-state index in [9.17, 15) is 19.2 Å². The predicted octanol–water partition coefficient (Wildman–Crippen LogP) is 11.5. The summed E-state index contributed by atoms with van der Waals surface area (Å²) < 4.78 is 12.5. The van der Waals surface area contributed by atoms with Crippen LogP contribution in [0.4, 0.5) is 11.4 Å². The SMILES string of the molecule is CC(C)(c1ccc(Oc2ccc3c(c2)C(=O)N(c2ccccc2)C3=O)cc1)c1ccc(Oc2ccc3c(c2)C(=O)N(c2cccc([PH](c4ccccc4)(c4ccccc4)c4ccccc4)c2)C3=O)cc1. The van der Waals surface area contributed by atoms with E-state index in [1.165, 1.54) is 25.7 Å². The van der Waals surface area contributed by atoms with Crippen molar-refractivity contribution in [2.75, 3.05) is 9.80 Å². The molecule has 0 bridgehead atoms. The van der Waals surface area contributed by atoms with E-state index in [1.807, 2.05) is 91.0 Å². The molecule has 0 spiro atoms. The Hall–Kier alpha value is -8.71. The van der Waals surface area contributed by atoms with E-state index in [2.05, 4.69) is 92.7 Å². The second-order valence-corrected chi connectivity index (χ2v) is 21.7. The van der Waals surface area contributed by atoms with Crippen molar-refractivity contribution >= 4 is 63.5 Å². The summed E-state index contributed by atoms with van der Waals surface area (Å²) in [6, 6.07) is 74.0. The molecule has 2 aliphatic heterocycles. The Kier molecular flexibility index (Phi) is 11.1. The van der Waals surface area contributed by atoms with E-state index < -0.39 is 18.6 Å². The number of rotatable bonds is 12. The molecule has 0 aromatic heterocycles. The van der Waals surface area contributed by atoms with E-state index >= 15 is 0 Å². The van der Waals surface area contributed by atoms with Gasteiger partial charge in [0.15, 0.2) is 0 Å². The number of amides is 4. The van der Waals surface area contributed by atoms with Crippen molar-refractivity contribution in [1.29, 1.82) is 0 Å². The Bertz CT molecular complexity index is 3380. The second kappa shape index (κ2) is 17.7. The third-order valence-electron chi connectivity index (χ3n) is 13.5. The van der Waals surface area contributed by atoms with Crippen LogP contribution in [0.5, 0.6) is 23.0 Å². The molecule has 0 saturated heterocycles. The van der Waals surface area contributed by atoms with Crippen molar-refractivity contribution in [1.82, 2.24) is 0 Å². The average molecular weight is 933 g/mol. The van der Waals surface area contributed by atoms with Crippen LogP contribution in [0, 0.1) is 0 Å². The van der Waals surface area contributed by atoms with Crippen LogP contribution >= 0.6 is 7.26 Å². The molecule has 0 radical (unpaired) electrons. The minimum absolute atomic E-state index is 0.283. The number of para-hydroxylation sites is 1. The van der Waals surface area contributed by atoms with Crippen molar-refractivity contribution in [2.45, 2.75) is 19.3 Å². The van der Waals surface area contributed by atoms with Gasteiger partial charge in [0.2, 0.25) is 0 Å². The first-order valence-electron chi connectivity index (χ1n) is 23.1. The van der Waals surface area contributed by atoms with Gasteiger partial charge in [-0.3, -0.25) is 9.59 Å². The Morgan fingerprint density at radius 3 is 1.10 bits per heavy atom. The molecule has 11 rings (SSSR count). The first kappa shape index (κ1) is 43.8. The van der Waals surface area contributed by atoms with Crippen molar-refractivity contribution in [3.63, 3.8) is 0 Å². The van der Waals surface area contributed by atoms with Gasteiger partial charge in [0.1, 0.15) is 11.5 Å². The maximum atomic E-state index is 14.3.